The first-order valence-electron chi connectivity index (χ1n) is 7.78. The molecule has 0 aliphatic carbocycles. The number of hydrogen-bond acceptors (Lipinski definition) is 6. The fraction of sp³-hybridized carbons (Fsp3) is 0.438. The van der Waals surface area contributed by atoms with Crippen molar-refractivity contribution in [3.8, 4) is 5.88 Å². The number of aliphatic hydroxyl groups excluding tert-OH is 1. The molecule has 2 atom stereocenters. The first-order chi connectivity index (χ1) is 11.6. The Morgan fingerprint density at radius 3 is 2.79 bits per heavy atom. The fourth-order valence-corrected chi connectivity index (χ4v) is 5.17. The van der Waals surface area contributed by atoms with Gasteiger partial charge in [0.2, 0.25) is 15.9 Å². The van der Waals surface area contributed by atoms with E-state index in [1.165, 1.54) is 16.6 Å². The predicted octanol–water partition coefficient (Wildman–Crippen LogP) is 1.94. The first kappa shape index (κ1) is 17.3. The summed E-state index contributed by atoms with van der Waals surface area (Å²) >= 11 is 1.58. The minimum absolute atomic E-state index is 0.0201. The predicted molar refractivity (Wildman–Crippen MR) is 91.8 cm³/mol. The zero-order valence-electron chi connectivity index (χ0n) is 13.3. The van der Waals surface area contributed by atoms with E-state index < -0.39 is 10.0 Å². The number of sulfonamides is 1. The fourth-order valence-electron chi connectivity index (χ4n) is 2.98. The van der Waals surface area contributed by atoms with Gasteiger partial charge in [-0.15, -0.1) is 0 Å². The number of hydrogen-bond donors (Lipinski definition) is 1. The van der Waals surface area contributed by atoms with Crippen LogP contribution in [0, 0.1) is 5.92 Å². The number of rotatable bonds is 6. The Labute approximate surface area is 145 Å². The van der Waals surface area contributed by atoms with Crippen molar-refractivity contribution in [3.05, 3.63) is 40.7 Å². The van der Waals surface area contributed by atoms with Gasteiger partial charge in [-0.2, -0.15) is 15.6 Å². The van der Waals surface area contributed by atoms with Crippen LogP contribution >= 0.6 is 11.3 Å². The number of nitrogens with zero attached hydrogens (tertiary/aromatic N) is 2. The van der Waals surface area contributed by atoms with E-state index in [4.69, 9.17) is 4.74 Å². The quantitative estimate of drug-likeness (QED) is 0.843. The van der Waals surface area contributed by atoms with Crippen LogP contribution in [0.3, 0.4) is 0 Å². The Hall–Kier alpha value is -1.48. The van der Waals surface area contributed by atoms with Crippen LogP contribution in [-0.2, 0) is 10.0 Å². The molecule has 1 N–H and O–H groups in total. The van der Waals surface area contributed by atoms with Gasteiger partial charge in [-0.25, -0.2) is 13.4 Å². The molecular weight excluding hydrogens is 348 g/mol. The highest BCUT2D eigenvalue weighted by Crippen LogP contribution is 2.36. The molecule has 130 valence electrons. The van der Waals surface area contributed by atoms with E-state index in [9.17, 15) is 13.5 Å². The van der Waals surface area contributed by atoms with Gasteiger partial charge in [-0.05, 0) is 35.4 Å². The SMILES string of the molecule is CCOc1ccc(S(=O)(=O)N2C[C@@H](CO)[C@@H](c3ccsc3)C2)cn1. The van der Waals surface area contributed by atoms with Gasteiger partial charge in [-0.3, -0.25) is 0 Å². The van der Waals surface area contributed by atoms with Gasteiger partial charge in [0.05, 0.1) is 12.8 Å². The minimum Gasteiger partial charge on any atom is -0.478 e. The Balaban J connectivity index is 1.82. The van der Waals surface area contributed by atoms with Gasteiger partial charge in [0, 0.05) is 37.6 Å². The van der Waals surface area contributed by atoms with Gasteiger partial charge in [0.25, 0.3) is 0 Å². The Morgan fingerprint density at radius 1 is 1.38 bits per heavy atom. The summed E-state index contributed by atoms with van der Waals surface area (Å²) in [6, 6.07) is 5.07. The van der Waals surface area contributed by atoms with Crippen LogP contribution in [0.15, 0.2) is 40.1 Å². The number of aliphatic hydroxyl groups is 1. The molecule has 24 heavy (non-hydrogen) atoms. The lowest BCUT2D eigenvalue weighted by Gasteiger charge is -2.16. The van der Waals surface area contributed by atoms with Gasteiger partial charge in [0.15, 0.2) is 0 Å². The molecule has 1 aliphatic heterocycles. The van der Waals surface area contributed by atoms with Crippen LogP contribution in [0.25, 0.3) is 0 Å². The lowest BCUT2D eigenvalue weighted by atomic mass is 9.92. The molecule has 6 nitrogen and oxygen atoms in total. The maximum Gasteiger partial charge on any atom is 0.244 e. The molecule has 0 unspecified atom stereocenters. The Kier molecular flexibility index (Phi) is 5.19. The largest absolute Gasteiger partial charge is 0.478 e. The van der Waals surface area contributed by atoms with Crippen LogP contribution in [0.1, 0.15) is 18.4 Å². The number of ether oxygens (including phenoxy) is 1. The van der Waals surface area contributed by atoms with Crippen molar-refractivity contribution in [2.75, 3.05) is 26.3 Å². The normalized spacial score (nSPS) is 21.9. The topological polar surface area (TPSA) is 79.7 Å². The molecule has 8 heteroatoms. The van der Waals surface area contributed by atoms with E-state index in [1.54, 1.807) is 17.4 Å². The molecule has 1 saturated heterocycles. The second kappa shape index (κ2) is 7.18. The van der Waals surface area contributed by atoms with Gasteiger partial charge >= 0.3 is 0 Å². The summed E-state index contributed by atoms with van der Waals surface area (Å²) < 4.78 is 32.4. The molecule has 0 bridgehead atoms. The third-order valence-corrected chi connectivity index (χ3v) is 6.77. The van der Waals surface area contributed by atoms with Crippen LogP contribution in [0.5, 0.6) is 5.88 Å². The molecule has 0 spiro atoms. The molecule has 0 aromatic carbocycles. The standard InChI is InChI=1S/C16H20N2O4S2/c1-2-22-16-4-3-14(7-17-16)24(20,21)18-8-13(10-19)15(9-18)12-5-6-23-11-12/h3-7,11,13,15,19H,2,8-10H2,1H3/t13-,15+/m0/s1. The van der Waals surface area contributed by atoms with Gasteiger partial charge in [0.1, 0.15) is 4.90 Å². The zero-order chi connectivity index (χ0) is 17.2. The van der Waals surface area contributed by atoms with Crippen molar-refractivity contribution in [2.24, 2.45) is 5.92 Å². The van der Waals surface area contributed by atoms with Gasteiger partial charge < -0.3 is 9.84 Å². The molecule has 2 aromatic heterocycles. The van der Waals surface area contributed by atoms with Crippen molar-refractivity contribution >= 4 is 21.4 Å². The molecule has 1 aliphatic rings. The van der Waals surface area contributed by atoms with Crippen molar-refractivity contribution in [3.63, 3.8) is 0 Å². The molecule has 2 aromatic rings. The maximum atomic E-state index is 12.8. The van der Waals surface area contributed by atoms with Crippen LogP contribution in [-0.4, -0.2) is 49.1 Å². The van der Waals surface area contributed by atoms with E-state index in [0.29, 0.717) is 25.6 Å². The minimum atomic E-state index is -3.63. The summed E-state index contributed by atoms with van der Waals surface area (Å²) in [5.41, 5.74) is 1.08. The highest BCUT2D eigenvalue weighted by atomic mass is 32.2. The summed E-state index contributed by atoms with van der Waals surface area (Å²) in [6.45, 7) is 2.97. The maximum absolute atomic E-state index is 12.8. The van der Waals surface area contributed by atoms with Crippen molar-refractivity contribution in [1.82, 2.24) is 9.29 Å². The molecule has 3 heterocycles. The Bertz CT molecular complexity index is 760. The number of aromatic nitrogens is 1. The molecular formula is C16H20N2O4S2. The second-order valence-electron chi connectivity index (χ2n) is 5.69. The smallest absolute Gasteiger partial charge is 0.244 e. The third-order valence-electron chi connectivity index (χ3n) is 4.25. The van der Waals surface area contributed by atoms with Crippen molar-refractivity contribution < 1.29 is 18.3 Å². The average Bonchev–Trinajstić information content (AvgIpc) is 3.25. The number of pyridine rings is 1. The Morgan fingerprint density at radius 2 is 2.21 bits per heavy atom. The highest BCUT2D eigenvalue weighted by molar-refractivity contribution is 7.89. The molecule has 0 radical (unpaired) electrons. The monoisotopic (exact) mass is 368 g/mol. The van der Waals surface area contributed by atoms with Crippen LogP contribution < -0.4 is 4.74 Å². The van der Waals surface area contributed by atoms with Crippen LogP contribution in [0.4, 0.5) is 0 Å². The summed E-state index contributed by atoms with van der Waals surface area (Å²) in [5.74, 6) is 0.332. The molecule has 0 amide bonds. The summed E-state index contributed by atoms with van der Waals surface area (Å²) in [5, 5.41) is 13.6. The molecule has 3 rings (SSSR count). The summed E-state index contributed by atoms with van der Waals surface area (Å²) in [7, 11) is -3.63. The van der Waals surface area contributed by atoms with E-state index in [0.717, 1.165) is 5.56 Å². The lowest BCUT2D eigenvalue weighted by molar-refractivity contribution is 0.223. The average molecular weight is 368 g/mol. The van der Waals surface area contributed by atoms with Crippen molar-refractivity contribution in [2.45, 2.75) is 17.7 Å². The zero-order valence-corrected chi connectivity index (χ0v) is 15.0. The van der Waals surface area contributed by atoms with Crippen molar-refractivity contribution in [1.29, 1.82) is 0 Å². The third kappa shape index (κ3) is 3.32. The van der Waals surface area contributed by atoms with E-state index in [2.05, 4.69) is 4.98 Å². The second-order valence-corrected chi connectivity index (χ2v) is 8.41. The lowest BCUT2D eigenvalue weighted by Crippen LogP contribution is -2.29. The highest BCUT2D eigenvalue weighted by Gasteiger charge is 2.39. The summed E-state index contributed by atoms with van der Waals surface area (Å²) in [4.78, 5) is 4.19. The molecule has 0 saturated carbocycles. The van der Waals surface area contributed by atoms with E-state index in [1.807, 2.05) is 23.8 Å². The van der Waals surface area contributed by atoms with Crippen LogP contribution in [0.2, 0.25) is 0 Å². The first-order valence-corrected chi connectivity index (χ1v) is 10.2. The van der Waals surface area contributed by atoms with E-state index in [-0.39, 0.29) is 23.3 Å². The van der Waals surface area contributed by atoms with Gasteiger partial charge in [-0.1, -0.05) is 0 Å². The molecule has 1 fully saturated rings. The summed E-state index contributed by atoms with van der Waals surface area (Å²) in [6.07, 6.45) is 1.33. The van der Waals surface area contributed by atoms with E-state index >= 15 is 0 Å². The number of thiophene rings is 1.